The van der Waals surface area contributed by atoms with Crippen molar-refractivity contribution in [1.82, 2.24) is 0 Å². The molecule has 0 amide bonds. The molecule has 0 bridgehead atoms. The second kappa shape index (κ2) is 32.6. The summed E-state index contributed by atoms with van der Waals surface area (Å²) in [5.74, 6) is 0. The van der Waals surface area contributed by atoms with Crippen LogP contribution in [-0.2, 0) is 42.6 Å². The van der Waals surface area contributed by atoms with Crippen molar-refractivity contribution >= 4 is 0 Å². The van der Waals surface area contributed by atoms with Gasteiger partial charge in [-0.1, -0.05) is 32.6 Å². The van der Waals surface area contributed by atoms with Crippen LogP contribution in [0.4, 0.5) is 0 Å². The predicted octanol–water partition coefficient (Wildman–Crippen LogP) is 3.13. The minimum absolute atomic E-state index is 0.542. The van der Waals surface area contributed by atoms with Crippen molar-refractivity contribution in [2.45, 2.75) is 46.0 Å². The molecule has 0 N–H and O–H groups in total. The Morgan fingerprint density at radius 3 is 0.824 bits per heavy atom. The van der Waals surface area contributed by atoms with Gasteiger partial charge in [0.25, 0.3) is 0 Å². The Morgan fingerprint density at radius 1 is 0.265 bits per heavy atom. The number of ether oxygens (including phenoxy) is 9. The minimum atomic E-state index is 0.542. The molecule has 0 atom stereocenters. The van der Waals surface area contributed by atoms with Gasteiger partial charge in [0.1, 0.15) is 0 Å². The van der Waals surface area contributed by atoms with Crippen LogP contribution in [0.15, 0.2) is 0 Å². The highest BCUT2D eigenvalue weighted by molar-refractivity contribution is 4.42. The van der Waals surface area contributed by atoms with Crippen molar-refractivity contribution in [2.75, 3.05) is 119 Å². The van der Waals surface area contributed by atoms with Crippen LogP contribution in [-0.4, -0.2) is 119 Å². The number of rotatable bonds is 31. The monoisotopic (exact) mass is 496 g/mol. The Balaban J connectivity index is 2.99. The molecule has 0 aromatic heterocycles. The zero-order chi connectivity index (χ0) is 24.6. The molecule has 0 aromatic rings. The molecule has 0 saturated carbocycles. The lowest BCUT2D eigenvalue weighted by Crippen LogP contribution is -2.15. The zero-order valence-electron chi connectivity index (χ0n) is 21.9. The van der Waals surface area contributed by atoms with Crippen LogP contribution in [0.2, 0.25) is 0 Å². The first-order valence-electron chi connectivity index (χ1n) is 13.1. The maximum Gasteiger partial charge on any atom is 0.0701 e. The van der Waals surface area contributed by atoms with E-state index in [0.717, 1.165) is 19.6 Å². The van der Waals surface area contributed by atoms with E-state index in [1.807, 2.05) is 6.92 Å². The average Bonchev–Trinajstić information content (AvgIpc) is 2.85. The molecule has 0 aliphatic rings. The maximum atomic E-state index is 5.55. The van der Waals surface area contributed by atoms with Gasteiger partial charge in [-0.2, -0.15) is 0 Å². The van der Waals surface area contributed by atoms with E-state index in [4.69, 9.17) is 42.6 Å². The van der Waals surface area contributed by atoms with Crippen molar-refractivity contribution < 1.29 is 42.6 Å². The van der Waals surface area contributed by atoms with Gasteiger partial charge in [-0.15, -0.1) is 0 Å². The molecule has 34 heavy (non-hydrogen) atoms. The van der Waals surface area contributed by atoms with E-state index < -0.39 is 0 Å². The molecular formula is C25H52O9. The third-order valence-corrected chi connectivity index (χ3v) is 4.57. The number of unbranched alkanes of at least 4 members (excludes halogenated alkanes) is 4. The first kappa shape index (κ1) is 33.6. The normalized spacial score (nSPS) is 11.5. The van der Waals surface area contributed by atoms with Crippen LogP contribution < -0.4 is 0 Å². The largest absolute Gasteiger partial charge is 0.379 e. The first-order valence-corrected chi connectivity index (χ1v) is 13.1. The highest BCUT2D eigenvalue weighted by Crippen LogP contribution is 2.02. The summed E-state index contributed by atoms with van der Waals surface area (Å²) in [7, 11) is 0. The third kappa shape index (κ3) is 31.6. The van der Waals surface area contributed by atoms with Gasteiger partial charge >= 0.3 is 0 Å². The predicted molar refractivity (Wildman–Crippen MR) is 132 cm³/mol. The summed E-state index contributed by atoms with van der Waals surface area (Å²) >= 11 is 0. The van der Waals surface area contributed by atoms with Gasteiger partial charge in [0.05, 0.1) is 106 Å². The van der Waals surface area contributed by atoms with Gasteiger partial charge in [0.15, 0.2) is 0 Å². The van der Waals surface area contributed by atoms with Crippen molar-refractivity contribution in [3.05, 3.63) is 0 Å². The first-order chi connectivity index (χ1) is 16.9. The van der Waals surface area contributed by atoms with E-state index >= 15 is 0 Å². The Kier molecular flexibility index (Phi) is 32.3. The Bertz CT molecular complexity index is 316. The lowest BCUT2D eigenvalue weighted by atomic mass is 10.2. The summed E-state index contributed by atoms with van der Waals surface area (Å²) in [6.07, 6.45) is 6.31. The molecule has 0 aromatic carbocycles. The Labute approximate surface area is 208 Å². The maximum absolute atomic E-state index is 5.55. The van der Waals surface area contributed by atoms with E-state index in [-0.39, 0.29) is 0 Å². The van der Waals surface area contributed by atoms with E-state index in [0.29, 0.717) is 106 Å². The van der Waals surface area contributed by atoms with Gasteiger partial charge in [-0.25, -0.2) is 0 Å². The third-order valence-electron chi connectivity index (χ3n) is 4.57. The zero-order valence-corrected chi connectivity index (χ0v) is 21.9. The Hall–Kier alpha value is -0.360. The fourth-order valence-electron chi connectivity index (χ4n) is 2.71. The molecule has 0 aliphatic carbocycles. The molecule has 0 heterocycles. The van der Waals surface area contributed by atoms with E-state index in [1.165, 1.54) is 25.7 Å². The minimum Gasteiger partial charge on any atom is -0.379 e. The Morgan fingerprint density at radius 2 is 0.529 bits per heavy atom. The lowest BCUT2D eigenvalue weighted by molar-refractivity contribution is -0.0248. The van der Waals surface area contributed by atoms with Gasteiger partial charge in [-0.3, -0.25) is 0 Å². The molecule has 9 nitrogen and oxygen atoms in total. The van der Waals surface area contributed by atoms with Crippen molar-refractivity contribution in [2.24, 2.45) is 0 Å². The molecule has 0 rings (SSSR count). The fourth-order valence-corrected chi connectivity index (χ4v) is 2.71. The van der Waals surface area contributed by atoms with E-state index in [2.05, 4.69) is 6.92 Å². The second-order valence-electron chi connectivity index (χ2n) is 7.51. The van der Waals surface area contributed by atoms with E-state index in [1.54, 1.807) is 0 Å². The lowest BCUT2D eigenvalue weighted by Gasteiger charge is -2.08. The summed E-state index contributed by atoms with van der Waals surface area (Å²) in [5.41, 5.74) is 0. The van der Waals surface area contributed by atoms with Crippen LogP contribution in [0.3, 0.4) is 0 Å². The van der Waals surface area contributed by atoms with Crippen molar-refractivity contribution in [3.8, 4) is 0 Å². The van der Waals surface area contributed by atoms with Crippen molar-refractivity contribution in [3.63, 3.8) is 0 Å². The van der Waals surface area contributed by atoms with Gasteiger partial charge < -0.3 is 42.6 Å². The van der Waals surface area contributed by atoms with Crippen LogP contribution in [0.25, 0.3) is 0 Å². The summed E-state index contributed by atoms with van der Waals surface area (Å²) in [4.78, 5) is 0. The molecular weight excluding hydrogens is 444 g/mol. The van der Waals surface area contributed by atoms with Crippen LogP contribution in [0.5, 0.6) is 0 Å². The highest BCUT2D eigenvalue weighted by Gasteiger charge is 1.95. The summed E-state index contributed by atoms with van der Waals surface area (Å²) in [6, 6.07) is 0. The standard InChI is InChI=1S/C25H52O9/c1-3-5-6-7-8-9-27-12-13-29-16-17-31-20-21-33-24-25-34-23-22-32-19-18-30-15-14-28-11-10-26-4-2/h3-25H2,1-2H3. The average molecular weight is 497 g/mol. The smallest absolute Gasteiger partial charge is 0.0701 e. The SMILES string of the molecule is CCCCCCCOCCOCCOCCOCCOCCOCCOCCOCCOCC. The molecule has 0 aliphatic heterocycles. The van der Waals surface area contributed by atoms with Gasteiger partial charge in [0, 0.05) is 13.2 Å². The fraction of sp³-hybridized carbons (Fsp3) is 1.00. The van der Waals surface area contributed by atoms with Gasteiger partial charge in [-0.05, 0) is 13.3 Å². The molecule has 0 radical (unpaired) electrons. The van der Waals surface area contributed by atoms with Crippen LogP contribution >= 0.6 is 0 Å². The van der Waals surface area contributed by atoms with Crippen LogP contribution in [0.1, 0.15) is 46.0 Å². The molecule has 0 saturated heterocycles. The quantitative estimate of drug-likeness (QED) is 0.134. The number of hydrogen-bond donors (Lipinski definition) is 0. The molecule has 9 heteroatoms. The van der Waals surface area contributed by atoms with E-state index in [9.17, 15) is 0 Å². The summed E-state index contributed by atoms with van der Waals surface area (Å²) < 4.78 is 48.8. The topological polar surface area (TPSA) is 83.1 Å². The van der Waals surface area contributed by atoms with Crippen molar-refractivity contribution in [1.29, 1.82) is 0 Å². The molecule has 206 valence electrons. The summed E-state index contributed by atoms with van der Waals surface area (Å²) in [6.45, 7) is 14.9. The highest BCUT2D eigenvalue weighted by atomic mass is 16.6. The molecule has 0 unspecified atom stereocenters. The number of hydrogen-bond acceptors (Lipinski definition) is 9. The molecule has 0 fully saturated rings. The van der Waals surface area contributed by atoms with Crippen LogP contribution in [0, 0.1) is 0 Å². The summed E-state index contributed by atoms with van der Waals surface area (Å²) in [5, 5.41) is 0. The second-order valence-corrected chi connectivity index (χ2v) is 7.51. The molecule has 0 spiro atoms. The van der Waals surface area contributed by atoms with Gasteiger partial charge in [0.2, 0.25) is 0 Å².